The zero-order valence-electron chi connectivity index (χ0n) is 15.0. The molecular weight excluding hydrogens is 318 g/mol. The van der Waals surface area contributed by atoms with Gasteiger partial charge in [0.1, 0.15) is 5.69 Å². The minimum atomic E-state index is -0.180. The van der Waals surface area contributed by atoms with Gasteiger partial charge in [-0.1, -0.05) is 18.2 Å². The standard InChI is InChI=1S/C19H25N3O3/c1-13(2)22-15-7-5-4-6-14(15)18-16(22)12-17(19(24)20-8-10-23)21(18)9-11-25-3/h4-7,12-13,23H,8-11H2,1-3H3,(H,20,24). The summed E-state index contributed by atoms with van der Waals surface area (Å²) >= 11 is 0. The van der Waals surface area contributed by atoms with Gasteiger partial charge in [-0.25, -0.2) is 0 Å². The van der Waals surface area contributed by atoms with E-state index < -0.39 is 0 Å². The molecule has 1 amide bonds. The van der Waals surface area contributed by atoms with Crippen molar-refractivity contribution in [2.45, 2.75) is 26.4 Å². The summed E-state index contributed by atoms with van der Waals surface area (Å²) in [4.78, 5) is 12.6. The van der Waals surface area contributed by atoms with Gasteiger partial charge in [0, 0.05) is 31.6 Å². The number of fused-ring (bicyclic) bond motifs is 3. The molecule has 0 aliphatic carbocycles. The number of para-hydroxylation sites is 1. The van der Waals surface area contributed by atoms with E-state index in [9.17, 15) is 4.79 Å². The van der Waals surface area contributed by atoms with Crippen molar-refractivity contribution >= 4 is 27.8 Å². The first kappa shape index (κ1) is 17.5. The van der Waals surface area contributed by atoms with Gasteiger partial charge in [0.05, 0.1) is 29.8 Å². The summed E-state index contributed by atoms with van der Waals surface area (Å²) in [5.41, 5.74) is 3.85. The monoisotopic (exact) mass is 343 g/mol. The zero-order chi connectivity index (χ0) is 18.0. The topological polar surface area (TPSA) is 68.4 Å². The fourth-order valence-corrected chi connectivity index (χ4v) is 3.43. The molecule has 0 aliphatic rings. The highest BCUT2D eigenvalue weighted by molar-refractivity contribution is 6.10. The van der Waals surface area contributed by atoms with Crippen LogP contribution in [0.3, 0.4) is 0 Å². The fraction of sp³-hybridized carbons (Fsp3) is 0.421. The summed E-state index contributed by atoms with van der Waals surface area (Å²) in [6.07, 6.45) is 0. The zero-order valence-corrected chi connectivity index (χ0v) is 15.0. The maximum Gasteiger partial charge on any atom is 0.268 e. The minimum Gasteiger partial charge on any atom is -0.395 e. The van der Waals surface area contributed by atoms with E-state index in [4.69, 9.17) is 9.84 Å². The highest BCUT2D eigenvalue weighted by Crippen LogP contribution is 2.34. The van der Waals surface area contributed by atoms with Crippen LogP contribution in [0.15, 0.2) is 30.3 Å². The highest BCUT2D eigenvalue weighted by atomic mass is 16.5. The number of aromatic nitrogens is 2. The van der Waals surface area contributed by atoms with E-state index in [2.05, 4.69) is 35.9 Å². The number of ether oxygens (including phenoxy) is 1. The lowest BCUT2D eigenvalue weighted by Gasteiger charge is -2.11. The van der Waals surface area contributed by atoms with Crippen LogP contribution in [0, 0.1) is 0 Å². The number of aliphatic hydroxyl groups excluding tert-OH is 1. The Morgan fingerprint density at radius 2 is 2.04 bits per heavy atom. The number of hydrogen-bond acceptors (Lipinski definition) is 3. The van der Waals surface area contributed by atoms with Crippen molar-refractivity contribution in [2.75, 3.05) is 26.9 Å². The molecule has 2 heterocycles. The van der Waals surface area contributed by atoms with Crippen LogP contribution in [0.25, 0.3) is 21.9 Å². The van der Waals surface area contributed by atoms with Crippen molar-refractivity contribution < 1.29 is 14.6 Å². The molecule has 3 rings (SSSR count). The summed E-state index contributed by atoms with van der Waals surface area (Å²) in [5, 5.41) is 12.9. The van der Waals surface area contributed by atoms with Gasteiger partial charge in [0.2, 0.25) is 0 Å². The SMILES string of the molecule is COCCn1c(C(=O)NCCO)cc2c1c1ccccc1n2C(C)C. The van der Waals surface area contributed by atoms with E-state index in [0.29, 0.717) is 18.8 Å². The van der Waals surface area contributed by atoms with Gasteiger partial charge < -0.3 is 24.3 Å². The highest BCUT2D eigenvalue weighted by Gasteiger charge is 2.22. The number of methoxy groups -OCH3 is 1. The van der Waals surface area contributed by atoms with Gasteiger partial charge in [-0.2, -0.15) is 0 Å². The van der Waals surface area contributed by atoms with E-state index in [1.807, 2.05) is 22.8 Å². The van der Waals surface area contributed by atoms with Crippen LogP contribution >= 0.6 is 0 Å². The molecule has 0 fully saturated rings. The molecule has 3 aromatic rings. The molecule has 0 saturated heterocycles. The van der Waals surface area contributed by atoms with Gasteiger partial charge in [0.15, 0.2) is 0 Å². The van der Waals surface area contributed by atoms with Gasteiger partial charge in [-0.15, -0.1) is 0 Å². The molecule has 0 spiro atoms. The summed E-state index contributed by atoms with van der Waals surface area (Å²) in [6.45, 7) is 5.56. The first-order valence-electron chi connectivity index (χ1n) is 8.60. The smallest absolute Gasteiger partial charge is 0.268 e. The lowest BCUT2D eigenvalue weighted by atomic mass is 10.2. The molecule has 2 N–H and O–H groups in total. The van der Waals surface area contributed by atoms with Crippen LogP contribution in [0.1, 0.15) is 30.4 Å². The molecule has 6 nitrogen and oxygen atoms in total. The summed E-state index contributed by atoms with van der Waals surface area (Å²) in [6, 6.07) is 10.5. The number of hydrogen-bond donors (Lipinski definition) is 2. The van der Waals surface area contributed by atoms with E-state index in [1.54, 1.807) is 7.11 Å². The van der Waals surface area contributed by atoms with Crippen LogP contribution in [-0.2, 0) is 11.3 Å². The van der Waals surface area contributed by atoms with Crippen LogP contribution < -0.4 is 5.32 Å². The van der Waals surface area contributed by atoms with Crippen molar-refractivity contribution in [1.29, 1.82) is 0 Å². The van der Waals surface area contributed by atoms with Gasteiger partial charge in [-0.05, 0) is 26.0 Å². The van der Waals surface area contributed by atoms with E-state index in [1.165, 1.54) is 0 Å². The second-order valence-electron chi connectivity index (χ2n) is 6.37. The Kier molecular flexibility index (Phi) is 5.11. The number of carbonyl (C=O) groups is 1. The number of carbonyl (C=O) groups excluding carboxylic acids is 1. The predicted octanol–water partition coefficient (Wildman–Crippen LogP) is 2.55. The van der Waals surface area contributed by atoms with Crippen LogP contribution in [0.4, 0.5) is 0 Å². The second-order valence-corrected chi connectivity index (χ2v) is 6.37. The molecule has 0 unspecified atom stereocenters. The molecule has 0 atom stereocenters. The molecule has 0 saturated carbocycles. The Morgan fingerprint density at radius 3 is 2.72 bits per heavy atom. The molecule has 6 heteroatoms. The molecule has 0 bridgehead atoms. The van der Waals surface area contributed by atoms with Gasteiger partial charge in [-0.3, -0.25) is 4.79 Å². The van der Waals surface area contributed by atoms with Crippen LogP contribution in [0.5, 0.6) is 0 Å². The average molecular weight is 343 g/mol. The molecule has 2 aromatic heterocycles. The number of benzene rings is 1. The summed E-state index contributed by atoms with van der Waals surface area (Å²) in [5.74, 6) is -0.180. The summed E-state index contributed by atoms with van der Waals surface area (Å²) < 4.78 is 9.53. The van der Waals surface area contributed by atoms with E-state index in [-0.39, 0.29) is 25.1 Å². The molecule has 25 heavy (non-hydrogen) atoms. The number of nitrogens with one attached hydrogen (secondary N) is 1. The lowest BCUT2D eigenvalue weighted by molar-refractivity contribution is 0.0933. The van der Waals surface area contributed by atoms with E-state index in [0.717, 1.165) is 21.9 Å². The first-order chi connectivity index (χ1) is 12.1. The van der Waals surface area contributed by atoms with Crippen molar-refractivity contribution in [3.8, 4) is 0 Å². The van der Waals surface area contributed by atoms with Gasteiger partial charge in [0.25, 0.3) is 5.91 Å². The number of nitrogens with zero attached hydrogens (tertiary/aromatic N) is 2. The largest absolute Gasteiger partial charge is 0.395 e. The molecule has 0 radical (unpaired) electrons. The minimum absolute atomic E-state index is 0.0782. The van der Waals surface area contributed by atoms with Crippen molar-refractivity contribution in [1.82, 2.24) is 14.5 Å². The summed E-state index contributed by atoms with van der Waals surface area (Å²) in [7, 11) is 1.66. The van der Waals surface area contributed by atoms with Crippen molar-refractivity contribution in [3.63, 3.8) is 0 Å². The third-order valence-electron chi connectivity index (χ3n) is 4.42. The Bertz CT molecular complexity index is 892. The van der Waals surface area contributed by atoms with Crippen LogP contribution in [-0.4, -0.2) is 47.0 Å². The quantitative estimate of drug-likeness (QED) is 0.693. The van der Waals surface area contributed by atoms with Crippen LogP contribution in [0.2, 0.25) is 0 Å². The lowest BCUT2D eigenvalue weighted by Crippen LogP contribution is -2.28. The van der Waals surface area contributed by atoms with Crippen molar-refractivity contribution in [2.24, 2.45) is 0 Å². The normalized spacial score (nSPS) is 11.7. The second kappa shape index (κ2) is 7.29. The number of aliphatic hydroxyl groups is 1. The molecule has 1 aromatic carbocycles. The predicted molar refractivity (Wildman–Crippen MR) is 99.1 cm³/mol. The molecule has 134 valence electrons. The maximum absolute atomic E-state index is 12.6. The average Bonchev–Trinajstić information content (AvgIpc) is 3.12. The fourth-order valence-electron chi connectivity index (χ4n) is 3.43. The maximum atomic E-state index is 12.6. The number of amides is 1. The Labute approximate surface area is 147 Å². The third kappa shape index (κ3) is 3.03. The first-order valence-corrected chi connectivity index (χ1v) is 8.60. The molecular formula is C19H25N3O3. The number of rotatable bonds is 7. The molecule has 0 aliphatic heterocycles. The Morgan fingerprint density at radius 1 is 1.28 bits per heavy atom. The Hall–Kier alpha value is -2.31. The Balaban J connectivity index is 2.27. The third-order valence-corrected chi connectivity index (χ3v) is 4.42. The van der Waals surface area contributed by atoms with Crippen molar-refractivity contribution in [3.05, 3.63) is 36.0 Å². The van der Waals surface area contributed by atoms with E-state index >= 15 is 0 Å². The van der Waals surface area contributed by atoms with Gasteiger partial charge >= 0.3 is 0 Å².